The van der Waals surface area contributed by atoms with Gasteiger partial charge in [0.2, 0.25) is 6.10 Å². The van der Waals surface area contributed by atoms with Gasteiger partial charge in [-0.3, -0.25) is 24.2 Å². The maximum absolute atomic E-state index is 13.1. The van der Waals surface area contributed by atoms with Crippen LogP contribution in [0.4, 0.5) is 5.69 Å². The number of amides is 2. The number of ether oxygens (including phenoxy) is 2. The molecule has 8 heteroatoms. The Bertz CT molecular complexity index is 1320. The van der Waals surface area contributed by atoms with E-state index in [1.54, 1.807) is 4.90 Å². The molecule has 0 bridgehead atoms. The third-order valence-electron chi connectivity index (χ3n) is 7.43. The van der Waals surface area contributed by atoms with E-state index in [-0.39, 0.29) is 12.5 Å². The Balaban J connectivity index is 1.16. The van der Waals surface area contributed by atoms with E-state index in [9.17, 15) is 14.4 Å². The fourth-order valence-electron chi connectivity index (χ4n) is 5.72. The molecule has 0 N–H and O–H groups in total. The minimum Gasteiger partial charge on any atom is -0.485 e. The van der Waals surface area contributed by atoms with Crippen LogP contribution in [0.5, 0.6) is 11.5 Å². The van der Waals surface area contributed by atoms with Gasteiger partial charge in [-0.15, -0.1) is 0 Å². The molecule has 6 rings (SSSR count). The zero-order valence-corrected chi connectivity index (χ0v) is 20.7. The van der Waals surface area contributed by atoms with Crippen molar-refractivity contribution in [1.82, 2.24) is 9.80 Å². The van der Waals surface area contributed by atoms with Crippen LogP contribution < -0.4 is 14.4 Å². The van der Waals surface area contributed by atoms with E-state index in [1.165, 1.54) is 0 Å². The molecule has 0 saturated carbocycles. The van der Waals surface area contributed by atoms with Crippen molar-refractivity contribution in [3.63, 3.8) is 0 Å². The number of nitrogens with zero attached hydrogens (tertiary/aromatic N) is 3. The Morgan fingerprint density at radius 3 is 2.47 bits per heavy atom. The number of rotatable bonds is 3. The van der Waals surface area contributed by atoms with Gasteiger partial charge >= 0.3 is 0 Å². The van der Waals surface area contributed by atoms with Crippen LogP contribution >= 0.6 is 0 Å². The molecule has 186 valence electrons. The van der Waals surface area contributed by atoms with Crippen LogP contribution in [0.3, 0.4) is 0 Å². The van der Waals surface area contributed by atoms with E-state index in [4.69, 9.17) is 9.47 Å². The molecule has 2 aromatic rings. The number of ketones is 1. The fourth-order valence-corrected chi connectivity index (χ4v) is 5.72. The van der Waals surface area contributed by atoms with Crippen molar-refractivity contribution in [3.8, 4) is 11.5 Å². The van der Waals surface area contributed by atoms with Gasteiger partial charge in [-0.25, -0.2) is 0 Å². The zero-order valence-electron chi connectivity index (χ0n) is 20.7. The first-order valence-corrected chi connectivity index (χ1v) is 12.4. The van der Waals surface area contributed by atoms with Gasteiger partial charge in [0.15, 0.2) is 11.5 Å². The Hall–Kier alpha value is -3.65. The Morgan fingerprint density at radius 2 is 1.72 bits per heavy atom. The highest BCUT2D eigenvalue weighted by molar-refractivity contribution is 6.53. The quantitative estimate of drug-likeness (QED) is 0.620. The number of fused-ring (bicyclic) bond motifs is 1. The van der Waals surface area contributed by atoms with Gasteiger partial charge in [0.05, 0.1) is 16.8 Å². The standard InChI is InChI=1S/C28H29N3O5/c1-17-12-19-18(14-28(2,3)31-24(19)20(13-17)25(32)27(31)34)15-29-8-10-30(11-9-29)26(33)23-16-35-21-6-4-5-7-22(21)36-23/h4-7,12-14,23H,8-11,15-16H2,1-3H3/t23-/m0/s1. The van der Waals surface area contributed by atoms with Gasteiger partial charge in [0.25, 0.3) is 17.6 Å². The Kier molecular flexibility index (Phi) is 5.19. The molecule has 4 aliphatic rings. The Labute approximate surface area is 210 Å². The van der Waals surface area contributed by atoms with Crippen LogP contribution in [0.1, 0.15) is 35.3 Å². The number of carbonyl (C=O) groups is 3. The topological polar surface area (TPSA) is 79.4 Å². The average Bonchev–Trinajstić information content (AvgIpc) is 3.13. The van der Waals surface area contributed by atoms with Crippen molar-refractivity contribution >= 4 is 28.9 Å². The molecule has 0 spiro atoms. The van der Waals surface area contributed by atoms with E-state index < -0.39 is 23.3 Å². The largest absolute Gasteiger partial charge is 0.485 e. The molecule has 0 unspecified atom stereocenters. The summed E-state index contributed by atoms with van der Waals surface area (Å²) in [7, 11) is 0. The molecule has 4 heterocycles. The molecule has 36 heavy (non-hydrogen) atoms. The molecular weight excluding hydrogens is 458 g/mol. The first kappa shape index (κ1) is 22.8. The molecule has 0 radical (unpaired) electrons. The second kappa shape index (κ2) is 8.20. The molecular formula is C28H29N3O5. The maximum Gasteiger partial charge on any atom is 0.300 e. The maximum atomic E-state index is 13.1. The van der Waals surface area contributed by atoms with Crippen LogP contribution in [-0.2, 0) is 9.59 Å². The molecule has 0 aliphatic carbocycles. The van der Waals surface area contributed by atoms with Crippen molar-refractivity contribution in [2.75, 3.05) is 44.2 Å². The molecule has 2 aromatic carbocycles. The van der Waals surface area contributed by atoms with Crippen LogP contribution in [0.2, 0.25) is 0 Å². The van der Waals surface area contributed by atoms with Crippen molar-refractivity contribution in [1.29, 1.82) is 0 Å². The summed E-state index contributed by atoms with van der Waals surface area (Å²) in [6.07, 6.45) is 1.47. The lowest BCUT2D eigenvalue weighted by molar-refractivity contribution is -0.142. The SMILES string of the molecule is Cc1cc2c3c(c1)C(CN1CCN(C(=O)[C@@H]4COc5ccccc5O4)CC1)=CC(C)(C)N3C(=O)C2=O. The highest BCUT2D eigenvalue weighted by Crippen LogP contribution is 2.46. The molecule has 4 aliphatic heterocycles. The van der Waals surface area contributed by atoms with Crippen LogP contribution in [0.15, 0.2) is 42.5 Å². The summed E-state index contributed by atoms with van der Waals surface area (Å²) >= 11 is 0. The zero-order chi connectivity index (χ0) is 25.2. The van der Waals surface area contributed by atoms with Gasteiger partial charge in [0, 0.05) is 38.3 Å². The number of benzene rings is 2. The summed E-state index contributed by atoms with van der Waals surface area (Å²) in [5.41, 5.74) is 3.67. The summed E-state index contributed by atoms with van der Waals surface area (Å²) in [4.78, 5) is 44.4. The van der Waals surface area contributed by atoms with Gasteiger partial charge in [-0.2, -0.15) is 0 Å². The first-order valence-electron chi connectivity index (χ1n) is 12.4. The molecule has 1 atom stereocenters. The summed E-state index contributed by atoms with van der Waals surface area (Å²) in [5.74, 6) is 0.331. The Morgan fingerprint density at radius 1 is 1.03 bits per heavy atom. The summed E-state index contributed by atoms with van der Waals surface area (Å²) < 4.78 is 11.6. The number of carbonyl (C=O) groups excluding carboxylic acids is 3. The summed E-state index contributed by atoms with van der Waals surface area (Å²) in [5, 5.41) is 0. The average molecular weight is 488 g/mol. The van der Waals surface area contributed by atoms with Gasteiger partial charge < -0.3 is 14.4 Å². The summed E-state index contributed by atoms with van der Waals surface area (Å²) in [6.45, 7) is 9.45. The number of aryl methyl sites for hydroxylation is 1. The lowest BCUT2D eigenvalue weighted by Crippen LogP contribution is -2.54. The number of anilines is 1. The van der Waals surface area contributed by atoms with E-state index in [1.807, 2.05) is 56.0 Å². The molecule has 1 saturated heterocycles. The second-order valence-corrected chi connectivity index (χ2v) is 10.5. The van der Waals surface area contributed by atoms with Crippen molar-refractivity contribution in [3.05, 3.63) is 59.2 Å². The van der Waals surface area contributed by atoms with E-state index in [2.05, 4.69) is 17.0 Å². The number of piperazine rings is 1. The second-order valence-electron chi connectivity index (χ2n) is 10.5. The van der Waals surface area contributed by atoms with E-state index in [0.717, 1.165) is 35.5 Å². The van der Waals surface area contributed by atoms with Crippen molar-refractivity contribution < 1.29 is 23.9 Å². The van der Waals surface area contributed by atoms with Crippen LogP contribution in [0.25, 0.3) is 5.57 Å². The van der Waals surface area contributed by atoms with E-state index in [0.29, 0.717) is 36.7 Å². The normalized spacial score (nSPS) is 22.4. The minimum atomic E-state index is -0.635. The highest BCUT2D eigenvalue weighted by Gasteiger charge is 2.47. The van der Waals surface area contributed by atoms with Crippen molar-refractivity contribution in [2.45, 2.75) is 32.4 Å². The van der Waals surface area contributed by atoms with E-state index >= 15 is 0 Å². The highest BCUT2D eigenvalue weighted by atomic mass is 16.6. The minimum absolute atomic E-state index is 0.0497. The lowest BCUT2D eigenvalue weighted by atomic mass is 9.87. The summed E-state index contributed by atoms with van der Waals surface area (Å²) in [6, 6.07) is 11.3. The first-order chi connectivity index (χ1) is 17.2. The molecule has 8 nitrogen and oxygen atoms in total. The third-order valence-corrected chi connectivity index (χ3v) is 7.43. The molecule has 0 aromatic heterocycles. The number of para-hydroxylation sites is 2. The lowest BCUT2D eigenvalue weighted by Gasteiger charge is -2.41. The molecule has 2 amide bonds. The number of hydrogen-bond donors (Lipinski definition) is 0. The smallest absolute Gasteiger partial charge is 0.300 e. The number of Topliss-reactive ketones (excluding diaryl/α,β-unsaturated/α-hetero) is 1. The van der Waals surface area contributed by atoms with Crippen molar-refractivity contribution in [2.24, 2.45) is 0 Å². The van der Waals surface area contributed by atoms with Gasteiger partial charge in [-0.05, 0) is 56.2 Å². The monoisotopic (exact) mass is 487 g/mol. The predicted octanol–water partition coefficient (Wildman–Crippen LogP) is 2.68. The third kappa shape index (κ3) is 3.59. The fraction of sp³-hybridized carbons (Fsp3) is 0.393. The molecule has 1 fully saturated rings. The predicted molar refractivity (Wildman–Crippen MR) is 134 cm³/mol. The van der Waals surface area contributed by atoms with Gasteiger partial charge in [0.1, 0.15) is 6.61 Å². The number of hydrogen-bond acceptors (Lipinski definition) is 6. The van der Waals surface area contributed by atoms with Gasteiger partial charge in [-0.1, -0.05) is 18.2 Å². The van der Waals surface area contributed by atoms with Crippen LogP contribution in [0, 0.1) is 6.92 Å². The van der Waals surface area contributed by atoms with Crippen LogP contribution in [-0.4, -0.2) is 78.4 Å².